The number of likely N-dealkylation sites (tertiary alicyclic amines) is 1. The number of piperidine rings is 1. The van der Waals surface area contributed by atoms with Crippen LogP contribution >= 0.6 is 0 Å². The number of amides is 1. The highest BCUT2D eigenvalue weighted by Gasteiger charge is 2.81. The molecular weight excluding hydrogens is 476 g/mol. The molecule has 3 aliphatic heterocycles. The first-order valence-corrected chi connectivity index (χ1v) is 14.5. The fourth-order valence-electron chi connectivity index (χ4n) is 9.52. The van der Waals surface area contributed by atoms with E-state index in [2.05, 4.69) is 47.4 Å². The molecule has 0 radical (unpaired) electrons. The summed E-state index contributed by atoms with van der Waals surface area (Å²) < 4.78 is 13.6. The molecular formula is C32H34N2O4. The maximum Gasteiger partial charge on any atom is 0.230 e. The summed E-state index contributed by atoms with van der Waals surface area (Å²) in [6.07, 6.45) is 10.6. The van der Waals surface area contributed by atoms with Gasteiger partial charge in [-0.2, -0.15) is 0 Å². The van der Waals surface area contributed by atoms with E-state index in [0.29, 0.717) is 18.3 Å². The molecule has 6 heteroatoms. The molecule has 6 nitrogen and oxygen atoms in total. The highest BCUT2D eigenvalue weighted by molar-refractivity contribution is 5.83. The molecule has 1 amide bonds. The molecule has 196 valence electrons. The lowest BCUT2D eigenvalue weighted by Gasteiger charge is -2.72. The van der Waals surface area contributed by atoms with E-state index in [1.54, 1.807) is 0 Å². The number of ether oxygens (including phenoxy) is 2. The highest BCUT2D eigenvalue weighted by atomic mass is 16.6. The SMILES string of the molecule is O=C1[C@H]2CC34C=CC2(OCN1CCc1ccccc1)[C@@H]1Oc2c(O)ccc5c2[C@@]13CCN(CC1CC1)[C@@H]4C5. The molecule has 38 heavy (non-hydrogen) atoms. The fourth-order valence-corrected chi connectivity index (χ4v) is 9.52. The molecule has 10 rings (SSSR count). The van der Waals surface area contributed by atoms with Gasteiger partial charge in [-0.1, -0.05) is 48.6 Å². The van der Waals surface area contributed by atoms with E-state index in [4.69, 9.17) is 9.47 Å². The summed E-state index contributed by atoms with van der Waals surface area (Å²) in [5.41, 5.74) is 2.54. The summed E-state index contributed by atoms with van der Waals surface area (Å²) in [6, 6.07) is 14.6. The van der Waals surface area contributed by atoms with Gasteiger partial charge in [0, 0.05) is 30.1 Å². The van der Waals surface area contributed by atoms with E-state index in [1.807, 2.05) is 17.0 Å². The zero-order valence-corrected chi connectivity index (χ0v) is 21.6. The maximum absolute atomic E-state index is 14.2. The van der Waals surface area contributed by atoms with Crippen molar-refractivity contribution in [1.82, 2.24) is 9.80 Å². The molecule has 0 aromatic heterocycles. The average molecular weight is 511 g/mol. The molecule has 4 fully saturated rings. The lowest BCUT2D eigenvalue weighted by atomic mass is 9.37. The number of aromatic hydroxyl groups is 1. The summed E-state index contributed by atoms with van der Waals surface area (Å²) in [6.45, 7) is 3.14. The molecule has 5 aliphatic carbocycles. The fraction of sp³-hybridized carbons (Fsp3) is 0.531. The standard InChI is InChI=1S/C32H34N2O4/c35-24-9-8-22-16-25-30-11-12-32(23(17-30)28(36)34(19-37-32)14-10-20-4-2-1-3-5-20)29-31(30,26(22)27(24)38-29)13-15-33(25)18-21-6-7-21/h1-5,8-9,11-12,21,23,25,29,35H,6-7,10,13-19H2/t23-,25-,29-,30?,31+,32?/m1/s1. The molecule has 2 unspecified atom stereocenters. The van der Waals surface area contributed by atoms with Crippen LogP contribution in [0, 0.1) is 17.3 Å². The molecule has 6 atom stereocenters. The Hall–Kier alpha value is -2.83. The summed E-state index contributed by atoms with van der Waals surface area (Å²) in [4.78, 5) is 18.9. The van der Waals surface area contributed by atoms with Crippen molar-refractivity contribution in [3.8, 4) is 11.5 Å². The first kappa shape index (κ1) is 22.0. The first-order chi connectivity index (χ1) is 18.6. The van der Waals surface area contributed by atoms with E-state index in [0.717, 1.165) is 44.7 Å². The van der Waals surface area contributed by atoms with Gasteiger partial charge >= 0.3 is 0 Å². The van der Waals surface area contributed by atoms with Crippen LogP contribution in [0.5, 0.6) is 11.5 Å². The number of carbonyl (C=O) groups excluding carboxylic acids is 1. The van der Waals surface area contributed by atoms with Crippen LogP contribution in [-0.2, 0) is 27.8 Å². The number of hydrogen-bond donors (Lipinski definition) is 1. The Labute approximate surface area is 223 Å². The highest BCUT2D eigenvalue weighted by Crippen LogP contribution is 2.75. The van der Waals surface area contributed by atoms with Gasteiger partial charge in [-0.25, -0.2) is 0 Å². The monoisotopic (exact) mass is 510 g/mol. The zero-order chi connectivity index (χ0) is 25.3. The van der Waals surface area contributed by atoms with Gasteiger partial charge in [0.25, 0.3) is 0 Å². The quantitative estimate of drug-likeness (QED) is 0.620. The van der Waals surface area contributed by atoms with Crippen LogP contribution in [0.15, 0.2) is 54.6 Å². The van der Waals surface area contributed by atoms with Crippen molar-refractivity contribution >= 4 is 5.91 Å². The third-order valence-electron chi connectivity index (χ3n) is 11.3. The second kappa shape index (κ2) is 7.22. The van der Waals surface area contributed by atoms with Gasteiger partial charge in [0.1, 0.15) is 18.4 Å². The van der Waals surface area contributed by atoms with E-state index >= 15 is 0 Å². The number of phenolic OH excluding ortho intramolecular Hbond substituents is 1. The summed E-state index contributed by atoms with van der Waals surface area (Å²) in [5, 5.41) is 11.0. The molecule has 3 heterocycles. The van der Waals surface area contributed by atoms with Crippen molar-refractivity contribution in [2.45, 2.75) is 61.7 Å². The minimum atomic E-state index is -0.786. The Kier molecular flexibility index (Phi) is 4.19. The van der Waals surface area contributed by atoms with E-state index in [9.17, 15) is 9.90 Å². The van der Waals surface area contributed by atoms with Crippen LogP contribution in [0.2, 0.25) is 0 Å². The Morgan fingerprint density at radius 3 is 2.79 bits per heavy atom. The summed E-state index contributed by atoms with van der Waals surface area (Å²) >= 11 is 0. The van der Waals surface area contributed by atoms with Gasteiger partial charge in [-0.05, 0) is 68.2 Å². The van der Waals surface area contributed by atoms with Crippen LogP contribution in [0.1, 0.15) is 42.4 Å². The first-order valence-electron chi connectivity index (χ1n) is 14.5. The maximum atomic E-state index is 14.2. The van der Waals surface area contributed by atoms with Gasteiger partial charge in [0.15, 0.2) is 11.5 Å². The predicted molar refractivity (Wildman–Crippen MR) is 141 cm³/mol. The van der Waals surface area contributed by atoms with Gasteiger partial charge in [-0.15, -0.1) is 0 Å². The van der Waals surface area contributed by atoms with Crippen molar-refractivity contribution in [1.29, 1.82) is 0 Å². The van der Waals surface area contributed by atoms with Gasteiger partial charge in [-0.3, -0.25) is 9.69 Å². The van der Waals surface area contributed by atoms with E-state index in [1.165, 1.54) is 29.5 Å². The third kappa shape index (κ3) is 2.50. The Morgan fingerprint density at radius 1 is 1.08 bits per heavy atom. The van der Waals surface area contributed by atoms with Gasteiger partial charge in [0.05, 0.1) is 11.3 Å². The van der Waals surface area contributed by atoms with Crippen molar-refractivity contribution in [3.63, 3.8) is 0 Å². The van der Waals surface area contributed by atoms with Gasteiger partial charge in [0.2, 0.25) is 5.91 Å². The number of hydrogen-bond acceptors (Lipinski definition) is 5. The lowest BCUT2D eigenvalue weighted by Crippen LogP contribution is -2.81. The smallest absolute Gasteiger partial charge is 0.230 e. The molecule has 1 N–H and O–H groups in total. The van der Waals surface area contributed by atoms with Crippen molar-refractivity contribution in [2.24, 2.45) is 17.3 Å². The minimum absolute atomic E-state index is 0.190. The molecule has 4 bridgehead atoms. The molecule has 2 saturated heterocycles. The topological polar surface area (TPSA) is 62.2 Å². The average Bonchev–Trinajstić information content (AvgIpc) is 3.68. The molecule has 2 aromatic rings. The summed E-state index contributed by atoms with van der Waals surface area (Å²) in [5.74, 6) is 1.62. The number of rotatable bonds is 5. The van der Waals surface area contributed by atoms with Crippen molar-refractivity contribution in [3.05, 3.63) is 71.3 Å². The van der Waals surface area contributed by atoms with Crippen LogP contribution < -0.4 is 4.74 Å². The Balaban J connectivity index is 1.14. The predicted octanol–water partition coefficient (Wildman–Crippen LogP) is 3.81. The van der Waals surface area contributed by atoms with Crippen LogP contribution in [0.4, 0.5) is 0 Å². The Morgan fingerprint density at radius 2 is 1.95 bits per heavy atom. The molecule has 3 spiro atoms. The zero-order valence-electron chi connectivity index (χ0n) is 21.6. The number of benzene rings is 2. The normalized spacial score (nSPS) is 39.6. The lowest BCUT2D eigenvalue weighted by molar-refractivity contribution is -0.254. The second-order valence-corrected chi connectivity index (χ2v) is 12.9. The van der Waals surface area contributed by atoms with Gasteiger partial charge < -0.3 is 19.5 Å². The molecule has 2 aromatic carbocycles. The Bertz CT molecular complexity index is 1390. The van der Waals surface area contributed by atoms with E-state index < -0.39 is 5.60 Å². The van der Waals surface area contributed by atoms with Crippen molar-refractivity contribution in [2.75, 3.05) is 26.4 Å². The second-order valence-electron chi connectivity index (χ2n) is 12.9. The number of carbonyl (C=O) groups is 1. The summed E-state index contributed by atoms with van der Waals surface area (Å²) in [7, 11) is 0. The molecule has 2 saturated carbocycles. The van der Waals surface area contributed by atoms with Crippen LogP contribution in [0.25, 0.3) is 0 Å². The largest absolute Gasteiger partial charge is 0.504 e. The number of phenols is 1. The van der Waals surface area contributed by atoms with E-state index in [-0.39, 0.29) is 41.2 Å². The van der Waals surface area contributed by atoms with Crippen molar-refractivity contribution < 1.29 is 19.4 Å². The third-order valence-corrected chi connectivity index (χ3v) is 11.3. The molecule has 8 aliphatic rings. The van der Waals surface area contributed by atoms with Crippen LogP contribution in [0.3, 0.4) is 0 Å². The minimum Gasteiger partial charge on any atom is -0.504 e. The number of nitrogens with zero attached hydrogens (tertiary/aromatic N) is 2. The van der Waals surface area contributed by atoms with Crippen LogP contribution in [-0.4, -0.2) is 64.9 Å².